The molecule has 0 saturated carbocycles. The molecule has 1 amide bonds. The molecule has 0 saturated heterocycles. The van der Waals surface area contributed by atoms with Gasteiger partial charge >= 0.3 is 0 Å². The predicted molar refractivity (Wildman–Crippen MR) is 112 cm³/mol. The minimum atomic E-state index is -0.445. The second-order valence-electron chi connectivity index (χ2n) is 6.34. The van der Waals surface area contributed by atoms with Gasteiger partial charge in [0.25, 0.3) is 5.91 Å². The zero-order valence-corrected chi connectivity index (χ0v) is 15.8. The molecule has 0 unspecified atom stereocenters. The predicted octanol–water partition coefficient (Wildman–Crippen LogP) is 5.07. The van der Waals surface area contributed by atoms with Gasteiger partial charge in [-0.15, -0.1) is 0 Å². The lowest BCUT2D eigenvalue weighted by atomic mass is 10.1. The third-order valence-corrected chi connectivity index (χ3v) is 4.55. The van der Waals surface area contributed by atoms with Gasteiger partial charge in [-0.25, -0.2) is 9.37 Å². The highest BCUT2D eigenvalue weighted by atomic mass is 35.5. The Balaban J connectivity index is 1.50. The molecule has 146 valence electrons. The van der Waals surface area contributed by atoms with Crippen molar-refractivity contribution in [3.63, 3.8) is 0 Å². The maximum atomic E-state index is 14.2. The van der Waals surface area contributed by atoms with Gasteiger partial charge < -0.3 is 20.8 Å². The van der Waals surface area contributed by atoms with E-state index in [1.165, 1.54) is 12.1 Å². The topological polar surface area (TPSA) is 93.2 Å². The van der Waals surface area contributed by atoms with Crippen molar-refractivity contribution in [2.24, 2.45) is 0 Å². The van der Waals surface area contributed by atoms with Crippen molar-refractivity contribution in [3.05, 3.63) is 83.0 Å². The highest BCUT2D eigenvalue weighted by molar-refractivity contribution is 6.31. The Morgan fingerprint density at radius 1 is 1.17 bits per heavy atom. The molecule has 0 aliphatic rings. The van der Waals surface area contributed by atoms with Crippen molar-refractivity contribution in [1.29, 1.82) is 0 Å². The third-order valence-electron chi connectivity index (χ3n) is 4.31. The smallest absolute Gasteiger partial charge is 0.291 e. The van der Waals surface area contributed by atoms with Crippen LogP contribution in [0.3, 0.4) is 0 Å². The van der Waals surface area contributed by atoms with Crippen LogP contribution in [-0.4, -0.2) is 10.9 Å². The van der Waals surface area contributed by atoms with Gasteiger partial charge in [0.15, 0.2) is 5.76 Å². The largest absolute Gasteiger partial charge is 0.451 e. The Kier molecular flexibility index (Phi) is 5.05. The fourth-order valence-electron chi connectivity index (χ4n) is 2.86. The van der Waals surface area contributed by atoms with Gasteiger partial charge in [-0.1, -0.05) is 11.6 Å². The minimum Gasteiger partial charge on any atom is -0.451 e. The Labute approximate surface area is 170 Å². The molecule has 0 fully saturated rings. The molecular weight excluding hydrogens is 395 g/mol. The molecule has 0 aliphatic carbocycles. The Hall–Kier alpha value is -3.58. The standard InChI is InChI=1S/C21H16ClFN4O2/c22-14-3-6-18-12(8-14)10-19(29-18)21(28)27-15-4-5-16(23)13(9-15)11-26-17-2-1-7-25-20(17)24/h1-10,26H,11H2,(H2,24,25)(H,27,28). The summed E-state index contributed by atoms with van der Waals surface area (Å²) in [5.74, 6) is -0.396. The van der Waals surface area contributed by atoms with E-state index in [1.54, 1.807) is 48.7 Å². The van der Waals surface area contributed by atoms with Crippen LogP contribution in [0.2, 0.25) is 5.02 Å². The summed E-state index contributed by atoms with van der Waals surface area (Å²) in [6, 6.07) is 14.5. The molecule has 8 heteroatoms. The number of hydrogen-bond acceptors (Lipinski definition) is 5. The number of halogens is 2. The summed E-state index contributed by atoms with van der Waals surface area (Å²) < 4.78 is 19.7. The van der Waals surface area contributed by atoms with Crippen molar-refractivity contribution in [2.45, 2.75) is 6.54 Å². The summed E-state index contributed by atoms with van der Waals surface area (Å²) >= 11 is 5.96. The molecule has 0 atom stereocenters. The first-order chi connectivity index (χ1) is 14.0. The van der Waals surface area contributed by atoms with E-state index < -0.39 is 11.7 Å². The molecule has 4 N–H and O–H groups in total. The van der Waals surface area contributed by atoms with E-state index in [-0.39, 0.29) is 12.3 Å². The van der Waals surface area contributed by atoms with Crippen LogP contribution in [0.25, 0.3) is 11.0 Å². The zero-order chi connectivity index (χ0) is 20.4. The number of hydrogen-bond donors (Lipinski definition) is 3. The van der Waals surface area contributed by atoms with Gasteiger partial charge in [-0.3, -0.25) is 4.79 Å². The van der Waals surface area contributed by atoms with Gasteiger partial charge in [-0.05, 0) is 54.6 Å². The van der Waals surface area contributed by atoms with Gasteiger partial charge in [0.2, 0.25) is 0 Å². The fraction of sp³-hybridized carbons (Fsp3) is 0.0476. The number of pyridine rings is 1. The molecule has 0 aliphatic heterocycles. The summed E-state index contributed by atoms with van der Waals surface area (Å²) in [6.07, 6.45) is 1.57. The summed E-state index contributed by atoms with van der Waals surface area (Å²) in [5, 5.41) is 7.02. The van der Waals surface area contributed by atoms with E-state index in [0.717, 1.165) is 5.39 Å². The number of fused-ring (bicyclic) bond motifs is 1. The number of amides is 1. The summed E-state index contributed by atoms with van der Waals surface area (Å²) in [5.41, 5.74) is 7.73. The maximum absolute atomic E-state index is 14.2. The number of aromatic nitrogens is 1. The Morgan fingerprint density at radius 2 is 2.03 bits per heavy atom. The second kappa shape index (κ2) is 7.81. The van der Waals surface area contributed by atoms with E-state index in [2.05, 4.69) is 15.6 Å². The first-order valence-electron chi connectivity index (χ1n) is 8.73. The van der Waals surface area contributed by atoms with E-state index in [1.807, 2.05) is 0 Å². The molecule has 6 nitrogen and oxygen atoms in total. The number of nitrogens with zero attached hydrogens (tertiary/aromatic N) is 1. The highest BCUT2D eigenvalue weighted by Gasteiger charge is 2.14. The summed E-state index contributed by atoms with van der Waals surface area (Å²) in [6.45, 7) is 0.175. The van der Waals surface area contributed by atoms with E-state index in [0.29, 0.717) is 33.4 Å². The van der Waals surface area contributed by atoms with Crippen molar-refractivity contribution >= 4 is 45.7 Å². The van der Waals surface area contributed by atoms with Crippen LogP contribution in [0.1, 0.15) is 16.1 Å². The van der Waals surface area contributed by atoms with Crippen LogP contribution in [0.5, 0.6) is 0 Å². The van der Waals surface area contributed by atoms with Crippen molar-refractivity contribution in [2.75, 3.05) is 16.4 Å². The van der Waals surface area contributed by atoms with Gasteiger partial charge in [-0.2, -0.15) is 0 Å². The zero-order valence-electron chi connectivity index (χ0n) is 15.1. The number of anilines is 3. The van der Waals surface area contributed by atoms with E-state index in [9.17, 15) is 9.18 Å². The number of nitrogens with one attached hydrogen (secondary N) is 2. The van der Waals surface area contributed by atoms with Gasteiger partial charge in [0, 0.05) is 34.4 Å². The first kappa shape index (κ1) is 18.8. The first-order valence-corrected chi connectivity index (χ1v) is 9.10. The SMILES string of the molecule is Nc1ncccc1NCc1cc(NC(=O)c2cc3cc(Cl)ccc3o2)ccc1F. The van der Waals surface area contributed by atoms with E-state index in [4.69, 9.17) is 21.8 Å². The lowest BCUT2D eigenvalue weighted by Crippen LogP contribution is -2.12. The summed E-state index contributed by atoms with van der Waals surface area (Å²) in [7, 11) is 0. The molecule has 2 aromatic carbocycles. The van der Waals surface area contributed by atoms with Crippen LogP contribution < -0.4 is 16.4 Å². The minimum absolute atomic E-state index is 0.134. The summed E-state index contributed by atoms with van der Waals surface area (Å²) in [4.78, 5) is 16.5. The molecule has 2 aromatic heterocycles. The van der Waals surface area contributed by atoms with Crippen LogP contribution in [0.4, 0.5) is 21.6 Å². The average molecular weight is 411 g/mol. The number of carbonyl (C=O) groups is 1. The normalized spacial score (nSPS) is 10.8. The second-order valence-corrected chi connectivity index (χ2v) is 6.78. The molecular formula is C21H16ClFN4O2. The lowest BCUT2D eigenvalue weighted by Gasteiger charge is -2.11. The molecule has 29 heavy (non-hydrogen) atoms. The van der Waals surface area contributed by atoms with Crippen molar-refractivity contribution in [1.82, 2.24) is 4.98 Å². The average Bonchev–Trinajstić information content (AvgIpc) is 3.13. The molecule has 2 heterocycles. The number of rotatable bonds is 5. The van der Waals surface area contributed by atoms with Crippen LogP contribution in [0.15, 0.2) is 65.2 Å². The fourth-order valence-corrected chi connectivity index (χ4v) is 3.04. The lowest BCUT2D eigenvalue weighted by molar-refractivity contribution is 0.0998. The molecule has 4 rings (SSSR count). The molecule has 0 spiro atoms. The third kappa shape index (κ3) is 4.14. The van der Waals surface area contributed by atoms with Crippen LogP contribution in [-0.2, 0) is 6.54 Å². The molecule has 0 radical (unpaired) electrons. The van der Waals surface area contributed by atoms with E-state index >= 15 is 0 Å². The number of nitrogen functional groups attached to an aromatic ring is 1. The van der Waals surface area contributed by atoms with Gasteiger partial charge in [0.1, 0.15) is 17.2 Å². The number of carbonyl (C=O) groups excluding carboxylic acids is 1. The quantitative estimate of drug-likeness (QED) is 0.427. The van der Waals surface area contributed by atoms with Crippen molar-refractivity contribution in [3.8, 4) is 0 Å². The van der Waals surface area contributed by atoms with Crippen LogP contribution in [0, 0.1) is 5.82 Å². The number of benzene rings is 2. The van der Waals surface area contributed by atoms with Crippen molar-refractivity contribution < 1.29 is 13.6 Å². The monoisotopic (exact) mass is 410 g/mol. The highest BCUT2D eigenvalue weighted by Crippen LogP contribution is 2.24. The maximum Gasteiger partial charge on any atom is 0.291 e. The van der Waals surface area contributed by atoms with Crippen LogP contribution >= 0.6 is 11.6 Å². The van der Waals surface area contributed by atoms with Gasteiger partial charge in [0.05, 0.1) is 5.69 Å². The Morgan fingerprint density at radius 3 is 2.86 bits per heavy atom. The Bertz CT molecular complexity index is 1210. The number of furan rings is 1. The number of nitrogens with two attached hydrogens (primary N) is 1. The molecule has 0 bridgehead atoms. The molecule has 4 aromatic rings.